The van der Waals surface area contributed by atoms with E-state index < -0.39 is 29.0 Å². The summed E-state index contributed by atoms with van der Waals surface area (Å²) in [6.07, 6.45) is -0.832. The molecule has 2 fully saturated rings. The van der Waals surface area contributed by atoms with Gasteiger partial charge < -0.3 is 4.90 Å². The van der Waals surface area contributed by atoms with E-state index in [1.165, 1.54) is 4.90 Å². The second kappa shape index (κ2) is 5.22. The predicted molar refractivity (Wildman–Crippen MR) is 75.9 cm³/mol. The molecule has 120 valence electrons. The van der Waals surface area contributed by atoms with Gasteiger partial charge in [0.25, 0.3) is 5.91 Å². The van der Waals surface area contributed by atoms with Crippen molar-refractivity contribution < 1.29 is 22.4 Å². The number of nitrogens with zero attached hydrogens (tertiary/aromatic N) is 1. The van der Waals surface area contributed by atoms with Gasteiger partial charge in [-0.2, -0.15) is 13.2 Å². The monoisotopic (exact) mass is 379 g/mol. The molecule has 0 bridgehead atoms. The fourth-order valence-electron chi connectivity index (χ4n) is 2.99. The zero-order valence-electron chi connectivity index (χ0n) is 11.6. The highest BCUT2D eigenvalue weighted by Gasteiger charge is 2.45. The number of halogens is 5. The molecule has 1 spiro atoms. The summed E-state index contributed by atoms with van der Waals surface area (Å²) in [5.74, 6) is -2.18. The van der Waals surface area contributed by atoms with Gasteiger partial charge in [0.15, 0.2) is 0 Å². The molecule has 1 aromatic rings. The van der Waals surface area contributed by atoms with Crippen LogP contribution in [0.3, 0.4) is 0 Å². The molecule has 1 amide bonds. The van der Waals surface area contributed by atoms with Gasteiger partial charge in [0, 0.05) is 17.6 Å². The average Bonchev–Trinajstić information content (AvgIpc) is 3.17. The van der Waals surface area contributed by atoms with Crippen LogP contribution in [0, 0.1) is 11.2 Å². The normalized spacial score (nSPS) is 20.3. The summed E-state index contributed by atoms with van der Waals surface area (Å²) in [5, 5.41) is 0. The van der Waals surface area contributed by atoms with Gasteiger partial charge in [-0.25, -0.2) is 4.39 Å². The lowest BCUT2D eigenvalue weighted by Crippen LogP contribution is -2.39. The van der Waals surface area contributed by atoms with Gasteiger partial charge in [0.05, 0.1) is 11.1 Å². The number of carbonyl (C=O) groups is 1. The number of amides is 1. The molecule has 0 aromatic heterocycles. The number of piperidine rings is 1. The first-order chi connectivity index (χ1) is 10.2. The first-order valence-corrected chi connectivity index (χ1v) is 7.87. The maximum Gasteiger partial charge on any atom is 0.419 e. The molecule has 7 heteroatoms. The lowest BCUT2D eigenvalue weighted by Gasteiger charge is -2.32. The molecule has 22 heavy (non-hydrogen) atoms. The Morgan fingerprint density at radius 1 is 1.14 bits per heavy atom. The molecule has 1 aliphatic carbocycles. The molecule has 2 nitrogen and oxygen atoms in total. The summed E-state index contributed by atoms with van der Waals surface area (Å²) in [4.78, 5) is 13.9. The average molecular weight is 380 g/mol. The molecule has 0 unspecified atom stereocenters. The summed E-state index contributed by atoms with van der Waals surface area (Å²) in [6.45, 7) is 0.946. The Hall–Kier alpha value is -1.11. The van der Waals surface area contributed by atoms with Crippen molar-refractivity contribution in [1.82, 2.24) is 4.90 Å². The topological polar surface area (TPSA) is 20.3 Å². The summed E-state index contributed by atoms with van der Waals surface area (Å²) in [6, 6.07) is 1.72. The number of likely N-dealkylation sites (tertiary alicyclic amines) is 1. The standard InChI is InChI=1S/C15H14BrF4NO/c16-10-2-1-9(15(18,19)20)12(17)11(10)13(22)21-7-5-14(3-4-14)6-8-21/h1-2H,3-8H2. The minimum atomic E-state index is -4.82. The molecule has 2 aliphatic rings. The Balaban J connectivity index is 1.88. The van der Waals surface area contributed by atoms with E-state index in [0.29, 0.717) is 24.6 Å². The van der Waals surface area contributed by atoms with Crippen molar-refractivity contribution in [2.45, 2.75) is 31.9 Å². The van der Waals surface area contributed by atoms with Gasteiger partial charge in [0.2, 0.25) is 0 Å². The van der Waals surface area contributed by atoms with Gasteiger partial charge in [-0.05, 0) is 59.2 Å². The number of alkyl halides is 3. The maximum atomic E-state index is 14.2. The van der Waals surface area contributed by atoms with Crippen molar-refractivity contribution in [3.63, 3.8) is 0 Å². The van der Waals surface area contributed by atoms with Crippen LogP contribution in [0.2, 0.25) is 0 Å². The minimum absolute atomic E-state index is 0.0507. The van der Waals surface area contributed by atoms with Gasteiger partial charge >= 0.3 is 6.18 Å². The lowest BCUT2D eigenvalue weighted by molar-refractivity contribution is -0.140. The van der Waals surface area contributed by atoms with Gasteiger partial charge in [-0.15, -0.1) is 0 Å². The third-order valence-electron chi connectivity index (χ3n) is 4.68. The highest BCUT2D eigenvalue weighted by molar-refractivity contribution is 9.10. The Labute approximate surface area is 133 Å². The highest BCUT2D eigenvalue weighted by Crippen LogP contribution is 2.53. The SMILES string of the molecule is O=C(c1c(Br)ccc(C(F)(F)F)c1F)N1CCC2(CC1)CC2. The van der Waals surface area contributed by atoms with E-state index in [0.717, 1.165) is 31.7 Å². The van der Waals surface area contributed by atoms with Crippen LogP contribution < -0.4 is 0 Å². The number of rotatable bonds is 1. The van der Waals surface area contributed by atoms with Crippen LogP contribution in [-0.4, -0.2) is 23.9 Å². The van der Waals surface area contributed by atoms with Gasteiger partial charge in [-0.3, -0.25) is 4.79 Å². The van der Waals surface area contributed by atoms with E-state index in [-0.39, 0.29) is 4.47 Å². The van der Waals surface area contributed by atoms with E-state index in [9.17, 15) is 22.4 Å². The largest absolute Gasteiger partial charge is 0.419 e. The first kappa shape index (κ1) is 15.8. The fourth-order valence-corrected chi connectivity index (χ4v) is 3.46. The maximum absolute atomic E-state index is 14.2. The van der Waals surface area contributed by atoms with Crippen molar-refractivity contribution in [3.05, 3.63) is 33.5 Å². The third kappa shape index (κ3) is 2.75. The van der Waals surface area contributed by atoms with Gasteiger partial charge in [-0.1, -0.05) is 0 Å². The summed E-state index contributed by atoms with van der Waals surface area (Å²) in [5.41, 5.74) is -1.60. The molecule has 1 saturated carbocycles. The quantitative estimate of drug-likeness (QED) is 0.651. The number of hydrogen-bond donors (Lipinski definition) is 0. The third-order valence-corrected chi connectivity index (χ3v) is 5.34. The van der Waals surface area contributed by atoms with Crippen LogP contribution in [0.5, 0.6) is 0 Å². The van der Waals surface area contributed by atoms with Crippen LogP contribution in [0.4, 0.5) is 17.6 Å². The zero-order valence-corrected chi connectivity index (χ0v) is 13.2. The molecule has 3 rings (SSSR count). The smallest absolute Gasteiger partial charge is 0.338 e. The predicted octanol–water partition coefficient (Wildman–Crippen LogP) is 4.62. The second-order valence-electron chi connectivity index (χ2n) is 6.07. The Morgan fingerprint density at radius 3 is 2.23 bits per heavy atom. The van der Waals surface area contributed by atoms with Crippen LogP contribution in [0.1, 0.15) is 41.6 Å². The number of carbonyl (C=O) groups excluding carboxylic acids is 1. The Kier molecular flexibility index (Phi) is 3.74. The molecule has 0 atom stereocenters. The van der Waals surface area contributed by atoms with Crippen molar-refractivity contribution in [1.29, 1.82) is 0 Å². The number of benzene rings is 1. The zero-order chi connectivity index (χ0) is 16.1. The summed E-state index contributed by atoms with van der Waals surface area (Å²) in [7, 11) is 0. The van der Waals surface area contributed by atoms with E-state index in [2.05, 4.69) is 15.9 Å². The van der Waals surface area contributed by atoms with E-state index in [1.54, 1.807) is 0 Å². The first-order valence-electron chi connectivity index (χ1n) is 7.08. The molecular formula is C15H14BrF4NO. The highest BCUT2D eigenvalue weighted by atomic mass is 79.9. The Bertz CT molecular complexity index is 615. The molecular weight excluding hydrogens is 366 g/mol. The van der Waals surface area contributed by atoms with Crippen molar-refractivity contribution in [2.24, 2.45) is 5.41 Å². The molecule has 0 radical (unpaired) electrons. The van der Waals surface area contributed by atoms with Crippen LogP contribution in [0.25, 0.3) is 0 Å². The van der Waals surface area contributed by atoms with Crippen molar-refractivity contribution >= 4 is 21.8 Å². The molecule has 1 aromatic carbocycles. The Morgan fingerprint density at radius 2 is 1.73 bits per heavy atom. The molecule has 1 saturated heterocycles. The fraction of sp³-hybridized carbons (Fsp3) is 0.533. The minimum Gasteiger partial charge on any atom is -0.338 e. The van der Waals surface area contributed by atoms with E-state index in [1.807, 2.05) is 0 Å². The van der Waals surface area contributed by atoms with E-state index in [4.69, 9.17) is 0 Å². The lowest BCUT2D eigenvalue weighted by atomic mass is 9.93. The molecule has 1 aliphatic heterocycles. The molecule has 1 heterocycles. The van der Waals surface area contributed by atoms with E-state index >= 15 is 0 Å². The summed E-state index contributed by atoms with van der Waals surface area (Å²) < 4.78 is 52.6. The van der Waals surface area contributed by atoms with Crippen LogP contribution in [0.15, 0.2) is 16.6 Å². The van der Waals surface area contributed by atoms with Gasteiger partial charge in [0.1, 0.15) is 5.82 Å². The molecule has 0 N–H and O–H groups in total. The van der Waals surface area contributed by atoms with Crippen LogP contribution >= 0.6 is 15.9 Å². The summed E-state index contributed by atoms with van der Waals surface area (Å²) >= 11 is 3.00. The van der Waals surface area contributed by atoms with Crippen molar-refractivity contribution in [2.75, 3.05) is 13.1 Å². The van der Waals surface area contributed by atoms with Crippen LogP contribution in [-0.2, 0) is 6.18 Å². The second-order valence-corrected chi connectivity index (χ2v) is 6.93. The van der Waals surface area contributed by atoms with Crippen molar-refractivity contribution in [3.8, 4) is 0 Å². The number of hydrogen-bond acceptors (Lipinski definition) is 1.